The van der Waals surface area contributed by atoms with Crippen LogP contribution in [0.2, 0.25) is 10.0 Å². The van der Waals surface area contributed by atoms with Crippen LogP contribution in [-0.2, 0) is 14.4 Å². The second-order valence-electron chi connectivity index (χ2n) is 5.52. The normalized spacial score (nSPS) is 14.5. The summed E-state index contributed by atoms with van der Waals surface area (Å²) in [7, 11) is 0. The van der Waals surface area contributed by atoms with E-state index < -0.39 is 0 Å². The van der Waals surface area contributed by atoms with Crippen molar-refractivity contribution >= 4 is 47.1 Å². The average Bonchev–Trinajstić information content (AvgIpc) is 2.58. The molecule has 24 heavy (non-hydrogen) atoms. The highest BCUT2D eigenvalue weighted by atomic mass is 35.5. The van der Waals surface area contributed by atoms with Gasteiger partial charge < -0.3 is 14.7 Å². The summed E-state index contributed by atoms with van der Waals surface area (Å²) in [4.78, 5) is 39.8. The number of hydrogen-bond acceptors (Lipinski definition) is 3. The monoisotopic (exact) mass is 371 g/mol. The van der Waals surface area contributed by atoms with E-state index in [-0.39, 0.29) is 24.8 Å². The Morgan fingerprint density at radius 1 is 1.21 bits per heavy atom. The van der Waals surface area contributed by atoms with Crippen LogP contribution >= 0.6 is 23.2 Å². The summed E-state index contributed by atoms with van der Waals surface area (Å²) >= 11 is 12.2. The van der Waals surface area contributed by atoms with E-state index in [1.54, 1.807) is 28.0 Å². The number of carbonyl (C=O) groups excluding carboxylic acids is 3. The van der Waals surface area contributed by atoms with E-state index in [0.29, 0.717) is 41.9 Å². The van der Waals surface area contributed by atoms with Crippen molar-refractivity contribution in [2.75, 3.05) is 37.6 Å². The first kappa shape index (κ1) is 18.5. The molecule has 1 heterocycles. The van der Waals surface area contributed by atoms with Crippen LogP contribution in [0.1, 0.15) is 13.3 Å². The van der Waals surface area contributed by atoms with Gasteiger partial charge in [0, 0.05) is 46.1 Å². The topological polar surface area (TPSA) is 60.9 Å². The van der Waals surface area contributed by atoms with Crippen molar-refractivity contribution in [1.29, 1.82) is 0 Å². The molecule has 8 heteroatoms. The van der Waals surface area contributed by atoms with Crippen LogP contribution in [0.15, 0.2) is 18.2 Å². The molecule has 0 unspecified atom stereocenters. The summed E-state index contributed by atoms with van der Waals surface area (Å²) in [6.07, 6.45) is 0.976. The largest absolute Gasteiger partial charge is 0.342 e. The second kappa shape index (κ2) is 8.35. The van der Waals surface area contributed by atoms with E-state index >= 15 is 0 Å². The number of carbonyl (C=O) groups is 3. The highest BCUT2D eigenvalue weighted by molar-refractivity contribution is 6.44. The molecule has 1 aliphatic heterocycles. The van der Waals surface area contributed by atoms with Crippen LogP contribution in [0.4, 0.5) is 5.69 Å². The lowest BCUT2D eigenvalue weighted by Gasteiger charge is -2.33. The molecule has 6 nitrogen and oxygen atoms in total. The van der Waals surface area contributed by atoms with Gasteiger partial charge in [-0.1, -0.05) is 29.3 Å². The third-order valence-corrected chi connectivity index (χ3v) is 4.78. The van der Waals surface area contributed by atoms with Crippen molar-refractivity contribution in [2.24, 2.45) is 0 Å². The Morgan fingerprint density at radius 3 is 2.46 bits per heavy atom. The van der Waals surface area contributed by atoms with Gasteiger partial charge in [0.25, 0.3) is 0 Å². The van der Waals surface area contributed by atoms with E-state index in [4.69, 9.17) is 23.2 Å². The summed E-state index contributed by atoms with van der Waals surface area (Å²) in [5, 5.41) is 0.651. The Kier molecular flexibility index (Phi) is 6.45. The van der Waals surface area contributed by atoms with Crippen LogP contribution in [0.5, 0.6) is 0 Å². The zero-order valence-electron chi connectivity index (χ0n) is 13.4. The Bertz CT molecular complexity index is 631. The molecule has 0 aliphatic carbocycles. The maximum absolute atomic E-state index is 12.3. The molecule has 1 aliphatic rings. The molecule has 0 saturated carbocycles. The number of benzene rings is 1. The lowest BCUT2D eigenvalue weighted by atomic mass is 10.2. The van der Waals surface area contributed by atoms with Gasteiger partial charge in [-0.2, -0.15) is 0 Å². The summed E-state index contributed by atoms with van der Waals surface area (Å²) in [5.41, 5.74) is 0.496. The summed E-state index contributed by atoms with van der Waals surface area (Å²) in [6.45, 7) is 3.73. The third kappa shape index (κ3) is 4.39. The Balaban J connectivity index is 1.99. The van der Waals surface area contributed by atoms with Crippen LogP contribution in [-0.4, -0.2) is 60.7 Å². The van der Waals surface area contributed by atoms with Gasteiger partial charge in [-0.3, -0.25) is 14.4 Å². The van der Waals surface area contributed by atoms with E-state index in [0.717, 1.165) is 6.41 Å². The average molecular weight is 372 g/mol. The van der Waals surface area contributed by atoms with Crippen molar-refractivity contribution in [3.63, 3.8) is 0 Å². The molecule has 1 fully saturated rings. The van der Waals surface area contributed by atoms with E-state index in [1.807, 2.05) is 0 Å². The smallest absolute Gasteiger partial charge is 0.224 e. The fourth-order valence-electron chi connectivity index (χ4n) is 2.59. The van der Waals surface area contributed by atoms with Crippen LogP contribution in [0, 0.1) is 0 Å². The number of hydrogen-bond donors (Lipinski definition) is 0. The lowest BCUT2D eigenvalue weighted by Crippen LogP contribution is -2.48. The molecule has 0 radical (unpaired) electrons. The highest BCUT2D eigenvalue weighted by Crippen LogP contribution is 2.32. The molecular formula is C16H19Cl2N3O3. The molecule has 0 aromatic heterocycles. The van der Waals surface area contributed by atoms with Crippen LogP contribution in [0.25, 0.3) is 0 Å². The van der Waals surface area contributed by atoms with Gasteiger partial charge in [-0.15, -0.1) is 0 Å². The Hall–Kier alpha value is -1.79. The third-order valence-electron chi connectivity index (χ3n) is 3.97. The fraction of sp³-hybridized carbons (Fsp3) is 0.438. The number of anilines is 1. The predicted octanol–water partition coefficient (Wildman–Crippen LogP) is 2.04. The van der Waals surface area contributed by atoms with Crippen molar-refractivity contribution in [1.82, 2.24) is 9.80 Å². The first-order valence-corrected chi connectivity index (χ1v) is 8.39. The Labute approximate surface area is 150 Å². The quantitative estimate of drug-likeness (QED) is 0.744. The number of nitrogens with zero attached hydrogens (tertiary/aromatic N) is 3. The second-order valence-corrected chi connectivity index (χ2v) is 6.30. The molecule has 0 N–H and O–H groups in total. The Morgan fingerprint density at radius 2 is 1.88 bits per heavy atom. The molecule has 130 valence electrons. The number of rotatable bonds is 5. The van der Waals surface area contributed by atoms with Crippen molar-refractivity contribution in [2.45, 2.75) is 13.3 Å². The number of piperazine rings is 1. The maximum Gasteiger partial charge on any atom is 0.224 e. The van der Waals surface area contributed by atoms with E-state index in [1.165, 1.54) is 11.8 Å². The van der Waals surface area contributed by atoms with Crippen LogP contribution in [0.3, 0.4) is 0 Å². The molecule has 0 spiro atoms. The van der Waals surface area contributed by atoms with Gasteiger partial charge in [0.05, 0.1) is 15.7 Å². The molecule has 1 aromatic carbocycles. The van der Waals surface area contributed by atoms with Gasteiger partial charge >= 0.3 is 0 Å². The zero-order valence-corrected chi connectivity index (χ0v) is 14.9. The number of amides is 3. The predicted molar refractivity (Wildman–Crippen MR) is 93.3 cm³/mol. The molecule has 2 rings (SSSR count). The van der Waals surface area contributed by atoms with Gasteiger partial charge in [0.2, 0.25) is 18.2 Å². The number of halogens is 2. The first-order valence-electron chi connectivity index (χ1n) is 7.63. The minimum absolute atomic E-state index is 0.0510. The summed E-state index contributed by atoms with van der Waals surface area (Å²) < 4.78 is 0. The zero-order chi connectivity index (χ0) is 17.7. The fourth-order valence-corrected chi connectivity index (χ4v) is 2.99. The molecule has 0 bridgehead atoms. The SMILES string of the molecule is CC(=O)N(CCC(=O)N1CCN(C=O)CC1)c1cccc(Cl)c1Cl. The highest BCUT2D eigenvalue weighted by Gasteiger charge is 2.22. The lowest BCUT2D eigenvalue weighted by molar-refractivity contribution is -0.135. The molecule has 1 aromatic rings. The maximum atomic E-state index is 12.3. The first-order chi connectivity index (χ1) is 11.4. The van der Waals surface area contributed by atoms with Gasteiger partial charge in [0.15, 0.2) is 0 Å². The van der Waals surface area contributed by atoms with Crippen LogP contribution < -0.4 is 4.90 Å². The van der Waals surface area contributed by atoms with E-state index in [9.17, 15) is 14.4 Å². The van der Waals surface area contributed by atoms with Crippen molar-refractivity contribution < 1.29 is 14.4 Å². The van der Waals surface area contributed by atoms with Crippen molar-refractivity contribution in [3.8, 4) is 0 Å². The minimum atomic E-state index is -0.210. The van der Waals surface area contributed by atoms with Gasteiger partial charge in [-0.25, -0.2) is 0 Å². The molecule has 0 atom stereocenters. The minimum Gasteiger partial charge on any atom is -0.342 e. The standard InChI is InChI=1S/C16H19Cl2N3O3/c1-12(23)21(14-4-2-3-13(17)16(14)18)6-5-15(24)20-9-7-19(11-22)8-10-20/h2-4,11H,5-10H2,1H3. The van der Waals surface area contributed by atoms with Gasteiger partial charge in [-0.05, 0) is 12.1 Å². The van der Waals surface area contributed by atoms with Crippen molar-refractivity contribution in [3.05, 3.63) is 28.2 Å². The molecule has 3 amide bonds. The molecule has 1 saturated heterocycles. The summed E-state index contributed by atoms with van der Waals surface area (Å²) in [6, 6.07) is 5.05. The summed E-state index contributed by atoms with van der Waals surface area (Å²) in [5.74, 6) is -0.261. The molecular weight excluding hydrogens is 353 g/mol. The van der Waals surface area contributed by atoms with Gasteiger partial charge in [0.1, 0.15) is 0 Å². The van der Waals surface area contributed by atoms with E-state index in [2.05, 4.69) is 0 Å².